The van der Waals surface area contributed by atoms with Gasteiger partial charge >= 0.3 is 6.09 Å². The molecule has 2 aromatic heterocycles. The lowest BCUT2D eigenvalue weighted by atomic mass is 9.87. The van der Waals surface area contributed by atoms with Crippen LogP contribution in [0.1, 0.15) is 88.2 Å². The molecule has 2 fully saturated rings. The third kappa shape index (κ3) is 7.43. The molecule has 2 unspecified atom stereocenters. The molecule has 0 bridgehead atoms. The number of hydrogen-bond acceptors (Lipinski definition) is 12. The van der Waals surface area contributed by atoms with Gasteiger partial charge in [0.25, 0.3) is 0 Å². The van der Waals surface area contributed by atoms with E-state index in [0.717, 1.165) is 87.8 Å². The SMILES string of the molecule is COC(=O)N[C@H](C(=O)N1CCC[C@H]1c1ncc(-c2cc3c4c(c2)OCc2cc(-c5cnc([C@@H]6CCCN6C(O)[C@@H](NC(O)OC)C(C)C)[nH]5)cc(c2-4)OC3)[nH]1)C(C)C. The van der Waals surface area contributed by atoms with E-state index in [4.69, 9.17) is 28.9 Å². The Hall–Kier alpha value is -5.00. The van der Waals surface area contributed by atoms with E-state index >= 15 is 0 Å². The summed E-state index contributed by atoms with van der Waals surface area (Å²) in [5, 5.41) is 27.3. The van der Waals surface area contributed by atoms with Crippen LogP contribution in [0.5, 0.6) is 11.5 Å². The molecule has 0 saturated carbocycles. The van der Waals surface area contributed by atoms with E-state index in [1.807, 2.05) is 44.9 Å². The van der Waals surface area contributed by atoms with Crippen LogP contribution in [0.2, 0.25) is 0 Å². The van der Waals surface area contributed by atoms with Crippen LogP contribution in [0.3, 0.4) is 0 Å². The molecule has 0 spiro atoms. The van der Waals surface area contributed by atoms with E-state index in [1.165, 1.54) is 14.2 Å². The predicted molar refractivity (Wildman–Crippen MR) is 213 cm³/mol. The minimum absolute atomic E-state index is 0.0351. The van der Waals surface area contributed by atoms with E-state index in [0.29, 0.717) is 32.1 Å². The Labute approximate surface area is 337 Å². The highest BCUT2D eigenvalue weighted by molar-refractivity contribution is 5.89. The molecular weight excluding hydrogens is 745 g/mol. The first-order chi connectivity index (χ1) is 27.9. The average Bonchev–Trinajstić information content (AvgIpc) is 4.06. The van der Waals surface area contributed by atoms with Crippen molar-refractivity contribution in [3.63, 3.8) is 0 Å². The van der Waals surface area contributed by atoms with Crippen molar-refractivity contribution in [1.29, 1.82) is 0 Å². The molecule has 58 heavy (non-hydrogen) atoms. The van der Waals surface area contributed by atoms with Crippen LogP contribution < -0.4 is 20.1 Å². The Bertz CT molecular complexity index is 2100. The summed E-state index contributed by atoms with van der Waals surface area (Å²) in [7, 11) is 2.70. The van der Waals surface area contributed by atoms with Crippen molar-refractivity contribution in [1.82, 2.24) is 40.4 Å². The van der Waals surface area contributed by atoms with E-state index < -0.39 is 30.8 Å². The summed E-state index contributed by atoms with van der Waals surface area (Å²) in [4.78, 5) is 46.1. The third-order valence-corrected chi connectivity index (χ3v) is 12.0. The van der Waals surface area contributed by atoms with Gasteiger partial charge in [0, 0.05) is 53.6 Å². The lowest BCUT2D eigenvalue weighted by Crippen LogP contribution is -2.55. The number of aromatic amines is 2. The second-order valence-electron chi connectivity index (χ2n) is 16.3. The number of ether oxygens (including phenoxy) is 4. The first-order valence-electron chi connectivity index (χ1n) is 20.2. The van der Waals surface area contributed by atoms with Crippen molar-refractivity contribution in [3.8, 4) is 45.1 Å². The summed E-state index contributed by atoms with van der Waals surface area (Å²) < 4.78 is 22.7. The summed E-state index contributed by atoms with van der Waals surface area (Å²) in [6, 6.07) is 6.83. The fraction of sp³-hybridized carbons (Fsp3) is 0.524. The van der Waals surface area contributed by atoms with Gasteiger partial charge in [-0.25, -0.2) is 14.8 Å². The minimum atomic E-state index is -1.18. The maximum atomic E-state index is 13.7. The molecule has 8 rings (SSSR count). The Morgan fingerprint density at radius 2 is 1.40 bits per heavy atom. The molecule has 4 aromatic rings. The van der Waals surface area contributed by atoms with Gasteiger partial charge in [-0.3, -0.25) is 15.0 Å². The topological polar surface area (TPSA) is 199 Å². The average molecular weight is 799 g/mol. The number of amides is 2. The molecular formula is C42H54N8O8. The molecule has 6 N–H and O–H groups in total. The van der Waals surface area contributed by atoms with Gasteiger partial charge in [0.2, 0.25) is 12.3 Å². The number of carbonyl (C=O) groups excluding carboxylic acids is 2. The number of nitrogens with one attached hydrogen (secondary N) is 4. The van der Waals surface area contributed by atoms with Crippen molar-refractivity contribution in [2.75, 3.05) is 27.3 Å². The Balaban J connectivity index is 1.01. The molecule has 6 atom stereocenters. The van der Waals surface area contributed by atoms with E-state index in [9.17, 15) is 19.8 Å². The smallest absolute Gasteiger partial charge is 0.407 e. The first kappa shape index (κ1) is 39.8. The fourth-order valence-corrected chi connectivity index (χ4v) is 8.95. The number of methoxy groups -OCH3 is 2. The fourth-order valence-electron chi connectivity index (χ4n) is 8.95. The Morgan fingerprint density at radius 3 is 1.95 bits per heavy atom. The third-order valence-electron chi connectivity index (χ3n) is 12.0. The number of rotatable bonds is 13. The van der Waals surface area contributed by atoms with Gasteiger partial charge in [-0.15, -0.1) is 0 Å². The minimum Gasteiger partial charge on any atom is -0.488 e. The van der Waals surface area contributed by atoms with Crippen molar-refractivity contribution in [3.05, 3.63) is 59.4 Å². The number of alkyl carbamates (subject to hydrolysis) is 1. The monoisotopic (exact) mass is 798 g/mol. The van der Waals surface area contributed by atoms with E-state index in [1.54, 1.807) is 11.1 Å². The molecule has 0 aliphatic carbocycles. The predicted octanol–water partition coefficient (Wildman–Crippen LogP) is 4.95. The molecule has 4 aliphatic heterocycles. The molecule has 2 saturated heterocycles. The maximum Gasteiger partial charge on any atom is 0.407 e. The number of aliphatic hydroxyl groups excluding tert-OH is 2. The molecule has 2 amide bonds. The van der Waals surface area contributed by atoms with Crippen LogP contribution in [0.15, 0.2) is 36.7 Å². The molecule has 6 heterocycles. The van der Waals surface area contributed by atoms with Gasteiger partial charge in [0.05, 0.1) is 49.0 Å². The second kappa shape index (κ2) is 16.3. The van der Waals surface area contributed by atoms with Crippen molar-refractivity contribution < 1.29 is 38.7 Å². The van der Waals surface area contributed by atoms with Crippen LogP contribution >= 0.6 is 0 Å². The quantitative estimate of drug-likeness (QED) is 0.0997. The van der Waals surface area contributed by atoms with Crippen LogP contribution in [-0.4, -0.2) is 104 Å². The van der Waals surface area contributed by atoms with E-state index in [2.05, 4.69) is 38.8 Å². The normalized spacial score (nSPS) is 20.7. The number of imidazole rings is 2. The van der Waals surface area contributed by atoms with Gasteiger partial charge < -0.3 is 49.3 Å². The molecule has 16 heteroatoms. The van der Waals surface area contributed by atoms with Crippen molar-refractivity contribution in [2.45, 2.75) is 103 Å². The summed E-state index contributed by atoms with van der Waals surface area (Å²) in [6.45, 7) is 9.79. The van der Waals surface area contributed by atoms with Gasteiger partial charge in [-0.05, 0) is 61.8 Å². The molecule has 4 aliphatic rings. The Kier molecular flexibility index (Phi) is 11.2. The first-order valence-corrected chi connectivity index (χ1v) is 20.2. The van der Waals surface area contributed by atoms with E-state index in [-0.39, 0.29) is 29.8 Å². The number of aromatic nitrogens is 4. The summed E-state index contributed by atoms with van der Waals surface area (Å²) in [6.07, 6.45) is 4.29. The number of aliphatic hydroxyl groups is 2. The van der Waals surface area contributed by atoms with Crippen molar-refractivity contribution in [2.24, 2.45) is 11.8 Å². The number of H-pyrrole nitrogens is 2. The summed E-state index contributed by atoms with van der Waals surface area (Å²) >= 11 is 0. The zero-order valence-corrected chi connectivity index (χ0v) is 33.9. The molecule has 310 valence electrons. The molecule has 2 aromatic carbocycles. The van der Waals surface area contributed by atoms with Crippen LogP contribution in [0.4, 0.5) is 4.79 Å². The van der Waals surface area contributed by atoms with Gasteiger partial charge in [-0.1, -0.05) is 27.7 Å². The van der Waals surface area contributed by atoms with Crippen LogP contribution in [0.25, 0.3) is 33.6 Å². The molecule has 16 nitrogen and oxygen atoms in total. The van der Waals surface area contributed by atoms with Gasteiger partial charge in [0.1, 0.15) is 48.6 Å². The lowest BCUT2D eigenvalue weighted by Gasteiger charge is -2.37. The number of hydrogen-bond donors (Lipinski definition) is 6. The number of nitrogens with zero attached hydrogens (tertiary/aromatic N) is 4. The largest absolute Gasteiger partial charge is 0.488 e. The lowest BCUT2D eigenvalue weighted by molar-refractivity contribution is -0.135. The summed E-state index contributed by atoms with van der Waals surface area (Å²) in [5.41, 5.74) is 7.56. The number of likely N-dealkylation sites (tertiary alicyclic amines) is 2. The zero-order chi connectivity index (χ0) is 40.8. The maximum absolute atomic E-state index is 13.7. The highest BCUT2D eigenvalue weighted by Gasteiger charge is 2.40. The van der Waals surface area contributed by atoms with Crippen LogP contribution in [-0.2, 0) is 27.5 Å². The van der Waals surface area contributed by atoms with Crippen molar-refractivity contribution >= 4 is 12.0 Å². The molecule has 0 radical (unpaired) electrons. The van der Waals surface area contributed by atoms with Gasteiger partial charge in [-0.2, -0.15) is 0 Å². The number of benzene rings is 2. The second-order valence-corrected chi connectivity index (χ2v) is 16.3. The summed E-state index contributed by atoms with van der Waals surface area (Å²) in [5.74, 6) is 2.79. The van der Waals surface area contributed by atoms with Crippen LogP contribution in [0, 0.1) is 11.8 Å². The standard InChI is InChI=1S/C42H54N8O8/c1-21(2)35(47-41(53)55-5)39(51)49-11-7-9-29(49)37-43-17-27(45-37)23-13-25-19-58-32-16-24(14-26-20-57-31(15-23)33(25)34(26)32)28-18-44-38(46-28)30-10-8-12-50(30)40(52)36(22(3)4)48-42(54)56-6/h13-18,21-22,29-30,35-36,39,41,47,51,53H,7-12,19-20H2,1-6H3,(H,43,45)(H,44,46)(H,48,54)/t29-,30-,35-,36-,39?,41?/m0/s1. The zero-order valence-electron chi connectivity index (χ0n) is 33.9. The highest BCUT2D eigenvalue weighted by atomic mass is 16.6. The Morgan fingerprint density at radius 1 is 0.828 bits per heavy atom. The number of carbonyl (C=O) groups is 2. The highest BCUT2D eigenvalue weighted by Crippen LogP contribution is 2.51. The van der Waals surface area contributed by atoms with Gasteiger partial charge in [0.15, 0.2) is 0 Å².